The maximum Gasteiger partial charge on any atom is 0.226 e. The molecule has 0 saturated carbocycles. The summed E-state index contributed by atoms with van der Waals surface area (Å²) in [5.74, 6) is 0.0198. The lowest BCUT2D eigenvalue weighted by atomic mass is 10.3. The zero-order valence-electron chi connectivity index (χ0n) is 10.5. The molecule has 3 heterocycles. The average molecular weight is 370 g/mol. The predicted octanol–water partition coefficient (Wildman–Crippen LogP) is 3.12. The van der Waals surface area contributed by atoms with Crippen LogP contribution in [-0.4, -0.2) is 21.8 Å². The van der Waals surface area contributed by atoms with Crippen LogP contribution in [0, 0.1) is 0 Å². The van der Waals surface area contributed by atoms with Gasteiger partial charge in [0.25, 0.3) is 0 Å². The fourth-order valence-electron chi connectivity index (χ4n) is 1.90. The first-order chi connectivity index (χ1) is 9.70. The van der Waals surface area contributed by atoms with Crippen molar-refractivity contribution >= 4 is 49.5 Å². The Balaban J connectivity index is 1.48. The summed E-state index contributed by atoms with van der Waals surface area (Å²) in [5.41, 5.74) is 0.813. The molecule has 0 aliphatic heterocycles. The van der Waals surface area contributed by atoms with E-state index in [0.717, 1.165) is 20.9 Å². The number of hydrogen-bond acceptors (Lipinski definition) is 4. The molecule has 0 aliphatic carbocycles. The molecule has 0 bridgehead atoms. The molecule has 3 rings (SSSR count). The van der Waals surface area contributed by atoms with Crippen molar-refractivity contribution in [2.75, 3.05) is 6.54 Å². The van der Waals surface area contributed by atoms with E-state index in [9.17, 15) is 4.79 Å². The van der Waals surface area contributed by atoms with Gasteiger partial charge in [0.2, 0.25) is 5.91 Å². The summed E-state index contributed by atoms with van der Waals surface area (Å²) in [6, 6.07) is 4.10. The summed E-state index contributed by atoms with van der Waals surface area (Å²) >= 11 is 6.70. The number of thiophene rings is 1. The number of fused-ring (bicyclic) bond motifs is 1. The Hall–Kier alpha value is -1.18. The number of halogens is 1. The van der Waals surface area contributed by atoms with E-state index in [2.05, 4.69) is 32.3 Å². The Labute approximate surface area is 132 Å². The maximum atomic E-state index is 11.8. The van der Waals surface area contributed by atoms with Crippen LogP contribution < -0.4 is 5.32 Å². The van der Waals surface area contributed by atoms with Gasteiger partial charge in [0, 0.05) is 29.2 Å². The van der Waals surface area contributed by atoms with E-state index in [1.54, 1.807) is 22.7 Å². The number of imidazole rings is 1. The zero-order chi connectivity index (χ0) is 13.9. The van der Waals surface area contributed by atoms with E-state index in [1.165, 1.54) is 4.88 Å². The number of rotatable bonds is 5. The molecule has 3 aromatic rings. The molecule has 3 aromatic heterocycles. The van der Waals surface area contributed by atoms with Gasteiger partial charge in [-0.05, 0) is 34.5 Å². The number of amides is 1. The van der Waals surface area contributed by atoms with Crippen LogP contribution in [0.5, 0.6) is 0 Å². The van der Waals surface area contributed by atoms with Gasteiger partial charge in [0.05, 0.1) is 15.9 Å². The average Bonchev–Trinajstić information content (AvgIpc) is 3.05. The van der Waals surface area contributed by atoms with Gasteiger partial charge in [-0.15, -0.1) is 22.7 Å². The van der Waals surface area contributed by atoms with Crippen LogP contribution >= 0.6 is 38.6 Å². The second-order valence-corrected chi connectivity index (χ2v) is 7.73. The van der Waals surface area contributed by atoms with Crippen molar-refractivity contribution < 1.29 is 4.79 Å². The summed E-state index contributed by atoms with van der Waals surface area (Å²) in [4.78, 5) is 18.4. The number of nitrogens with zero attached hydrogens (tertiary/aromatic N) is 2. The number of aromatic nitrogens is 2. The molecule has 0 unspecified atom stereocenters. The SMILES string of the molecule is O=C(Cc1cn2ccsc2n1)NCCc1ccc(Br)s1. The molecule has 20 heavy (non-hydrogen) atoms. The smallest absolute Gasteiger partial charge is 0.226 e. The lowest BCUT2D eigenvalue weighted by molar-refractivity contribution is -0.120. The zero-order valence-corrected chi connectivity index (χ0v) is 13.7. The molecule has 0 aromatic carbocycles. The summed E-state index contributed by atoms with van der Waals surface area (Å²) in [6.07, 6.45) is 5.05. The molecule has 0 saturated heterocycles. The number of thiazole rings is 1. The summed E-state index contributed by atoms with van der Waals surface area (Å²) < 4.78 is 3.06. The number of hydrogen-bond donors (Lipinski definition) is 1. The third kappa shape index (κ3) is 3.28. The lowest BCUT2D eigenvalue weighted by Crippen LogP contribution is -2.27. The standard InChI is InChI=1S/C13H12BrN3OS2/c14-11-2-1-10(20-11)3-4-15-12(18)7-9-8-17-5-6-19-13(17)16-9/h1-2,5-6,8H,3-4,7H2,(H,15,18). The molecule has 104 valence electrons. The molecule has 0 fully saturated rings. The third-order valence-electron chi connectivity index (χ3n) is 2.81. The maximum absolute atomic E-state index is 11.8. The first kappa shape index (κ1) is 13.8. The Bertz CT molecular complexity index is 702. The molecule has 1 N–H and O–H groups in total. The highest BCUT2D eigenvalue weighted by Crippen LogP contribution is 2.22. The summed E-state index contributed by atoms with van der Waals surface area (Å²) in [6.45, 7) is 0.661. The van der Waals surface area contributed by atoms with Crippen LogP contribution in [0.3, 0.4) is 0 Å². The van der Waals surface area contributed by atoms with Crippen LogP contribution in [0.2, 0.25) is 0 Å². The highest BCUT2D eigenvalue weighted by Gasteiger charge is 2.08. The largest absolute Gasteiger partial charge is 0.355 e. The van der Waals surface area contributed by atoms with Crippen LogP contribution in [0.1, 0.15) is 10.6 Å². The minimum absolute atomic E-state index is 0.0198. The Morgan fingerprint density at radius 1 is 1.45 bits per heavy atom. The minimum Gasteiger partial charge on any atom is -0.355 e. The van der Waals surface area contributed by atoms with Gasteiger partial charge in [-0.25, -0.2) is 4.98 Å². The number of nitrogens with one attached hydrogen (secondary N) is 1. The van der Waals surface area contributed by atoms with Crippen LogP contribution in [-0.2, 0) is 17.6 Å². The number of carbonyl (C=O) groups is 1. The van der Waals surface area contributed by atoms with E-state index in [1.807, 2.05) is 28.2 Å². The fourth-order valence-corrected chi connectivity index (χ4v) is 4.10. The Morgan fingerprint density at radius 2 is 2.35 bits per heavy atom. The molecule has 7 heteroatoms. The van der Waals surface area contributed by atoms with Gasteiger partial charge in [0.15, 0.2) is 4.96 Å². The second-order valence-electron chi connectivity index (χ2n) is 4.31. The van der Waals surface area contributed by atoms with Gasteiger partial charge >= 0.3 is 0 Å². The summed E-state index contributed by atoms with van der Waals surface area (Å²) in [5, 5.41) is 4.91. The van der Waals surface area contributed by atoms with E-state index in [-0.39, 0.29) is 5.91 Å². The molecule has 1 amide bonds. The van der Waals surface area contributed by atoms with Gasteiger partial charge in [-0.3, -0.25) is 9.20 Å². The van der Waals surface area contributed by atoms with Crippen molar-refractivity contribution in [2.45, 2.75) is 12.8 Å². The van der Waals surface area contributed by atoms with Crippen molar-refractivity contribution in [3.05, 3.63) is 44.3 Å². The molecule has 0 spiro atoms. The molecular weight excluding hydrogens is 358 g/mol. The van der Waals surface area contributed by atoms with Crippen molar-refractivity contribution in [3.8, 4) is 0 Å². The van der Waals surface area contributed by atoms with Crippen molar-refractivity contribution in [1.82, 2.24) is 14.7 Å². The van der Waals surface area contributed by atoms with E-state index >= 15 is 0 Å². The predicted molar refractivity (Wildman–Crippen MR) is 85.5 cm³/mol. The lowest BCUT2D eigenvalue weighted by Gasteiger charge is -2.02. The molecule has 0 aliphatic rings. The molecule has 4 nitrogen and oxygen atoms in total. The van der Waals surface area contributed by atoms with Crippen molar-refractivity contribution in [1.29, 1.82) is 0 Å². The van der Waals surface area contributed by atoms with Gasteiger partial charge < -0.3 is 5.32 Å². The molecular formula is C13H12BrN3OS2. The Morgan fingerprint density at radius 3 is 3.10 bits per heavy atom. The third-order valence-corrected chi connectivity index (χ3v) is 5.26. The van der Waals surface area contributed by atoms with Crippen LogP contribution in [0.4, 0.5) is 0 Å². The highest BCUT2D eigenvalue weighted by molar-refractivity contribution is 9.11. The van der Waals surface area contributed by atoms with E-state index < -0.39 is 0 Å². The van der Waals surface area contributed by atoms with Crippen LogP contribution in [0.15, 0.2) is 33.7 Å². The molecule has 0 radical (unpaired) electrons. The minimum atomic E-state index is 0.0198. The van der Waals surface area contributed by atoms with Gasteiger partial charge in [-0.1, -0.05) is 0 Å². The van der Waals surface area contributed by atoms with E-state index in [4.69, 9.17) is 0 Å². The topological polar surface area (TPSA) is 46.4 Å². The van der Waals surface area contributed by atoms with Crippen molar-refractivity contribution in [2.24, 2.45) is 0 Å². The normalized spacial score (nSPS) is 11.1. The fraction of sp³-hybridized carbons (Fsp3) is 0.231. The van der Waals surface area contributed by atoms with Gasteiger partial charge in [-0.2, -0.15) is 0 Å². The quantitative estimate of drug-likeness (QED) is 0.750. The van der Waals surface area contributed by atoms with Gasteiger partial charge in [0.1, 0.15) is 0 Å². The Kier molecular flexibility index (Phi) is 4.18. The number of carbonyl (C=O) groups excluding carboxylic acids is 1. The summed E-state index contributed by atoms with van der Waals surface area (Å²) in [7, 11) is 0. The first-order valence-corrected chi connectivity index (χ1v) is 8.61. The van der Waals surface area contributed by atoms with Crippen molar-refractivity contribution in [3.63, 3.8) is 0 Å². The van der Waals surface area contributed by atoms with Crippen LogP contribution in [0.25, 0.3) is 4.96 Å². The first-order valence-electron chi connectivity index (χ1n) is 6.13. The highest BCUT2D eigenvalue weighted by atomic mass is 79.9. The molecule has 0 atom stereocenters. The monoisotopic (exact) mass is 369 g/mol. The van der Waals surface area contributed by atoms with E-state index in [0.29, 0.717) is 13.0 Å². The second kappa shape index (κ2) is 6.07.